The first-order valence-electron chi connectivity index (χ1n) is 8.86. The summed E-state index contributed by atoms with van der Waals surface area (Å²) in [7, 11) is 0. The van der Waals surface area contributed by atoms with Crippen molar-refractivity contribution in [2.24, 2.45) is 23.7 Å². The Kier molecular flexibility index (Phi) is 3.74. The second-order valence-corrected chi connectivity index (χ2v) is 7.44. The van der Waals surface area contributed by atoms with Gasteiger partial charge in [0.2, 0.25) is 17.7 Å². The van der Waals surface area contributed by atoms with Crippen LogP contribution in [-0.2, 0) is 14.4 Å². The Labute approximate surface area is 147 Å². The summed E-state index contributed by atoms with van der Waals surface area (Å²) in [6.07, 6.45) is 5.21. The zero-order chi connectivity index (χ0) is 17.7. The van der Waals surface area contributed by atoms with E-state index in [1.165, 1.54) is 4.90 Å². The number of imide groups is 1. The predicted octanol–water partition coefficient (Wildman–Crippen LogP) is 2.44. The van der Waals surface area contributed by atoms with Crippen molar-refractivity contribution >= 4 is 23.4 Å². The molecule has 2 aliphatic carbocycles. The Morgan fingerprint density at radius 1 is 1.12 bits per heavy atom. The van der Waals surface area contributed by atoms with Crippen LogP contribution in [0, 0.1) is 37.5 Å². The van der Waals surface area contributed by atoms with E-state index in [4.69, 9.17) is 0 Å². The van der Waals surface area contributed by atoms with Crippen molar-refractivity contribution in [1.82, 2.24) is 4.90 Å². The van der Waals surface area contributed by atoms with E-state index in [1.54, 1.807) is 0 Å². The van der Waals surface area contributed by atoms with Gasteiger partial charge in [-0.1, -0.05) is 24.3 Å². The molecule has 4 rings (SSSR count). The average Bonchev–Trinajstić information content (AvgIpc) is 3.24. The fourth-order valence-corrected chi connectivity index (χ4v) is 4.48. The van der Waals surface area contributed by atoms with Gasteiger partial charge in [0, 0.05) is 18.7 Å². The number of hydrogen-bond acceptors (Lipinski definition) is 3. The van der Waals surface area contributed by atoms with Crippen molar-refractivity contribution in [3.05, 3.63) is 41.5 Å². The van der Waals surface area contributed by atoms with Crippen LogP contribution in [-0.4, -0.2) is 29.2 Å². The lowest BCUT2D eigenvalue weighted by molar-refractivity contribution is -0.140. The first-order chi connectivity index (χ1) is 12.0. The smallest absolute Gasteiger partial charge is 0.233 e. The van der Waals surface area contributed by atoms with Gasteiger partial charge in [0.1, 0.15) is 0 Å². The lowest BCUT2D eigenvalue weighted by Crippen LogP contribution is -2.35. The first-order valence-corrected chi connectivity index (χ1v) is 8.86. The quantitative estimate of drug-likeness (QED) is 0.677. The molecule has 3 aliphatic rings. The van der Waals surface area contributed by atoms with E-state index in [1.807, 2.05) is 32.0 Å². The third kappa shape index (κ3) is 2.58. The number of amides is 3. The van der Waals surface area contributed by atoms with Gasteiger partial charge in [-0.2, -0.15) is 0 Å². The molecule has 1 saturated heterocycles. The number of carbonyl (C=O) groups excluding carboxylic acids is 3. The number of anilines is 1. The van der Waals surface area contributed by atoms with Gasteiger partial charge in [-0.05, 0) is 49.3 Å². The molecule has 1 aromatic carbocycles. The molecule has 1 N–H and O–H groups in total. The number of likely N-dealkylation sites (tertiary alicyclic amines) is 1. The Balaban J connectivity index is 1.39. The monoisotopic (exact) mass is 338 g/mol. The molecule has 1 aliphatic heterocycles. The number of fused-ring (bicyclic) bond motifs is 5. The standard InChI is InChI=1S/C20H22N2O3/c1-11-3-4-12(2)15(9-11)21-16(23)7-8-22-19(24)17-13-5-6-14(10-13)18(17)20(22)25/h3-6,9,13-14,17-18H,7-8,10H2,1-2H3,(H,21,23)/t13-,14-,17-,18-/m0/s1. The van der Waals surface area contributed by atoms with Crippen LogP contribution in [0.2, 0.25) is 0 Å². The van der Waals surface area contributed by atoms with Crippen LogP contribution in [0.4, 0.5) is 5.69 Å². The molecule has 1 aromatic rings. The Hall–Kier alpha value is -2.43. The Morgan fingerprint density at radius 2 is 1.76 bits per heavy atom. The second kappa shape index (κ2) is 5.83. The second-order valence-electron chi connectivity index (χ2n) is 7.44. The average molecular weight is 338 g/mol. The molecule has 0 unspecified atom stereocenters. The van der Waals surface area contributed by atoms with Gasteiger partial charge in [0.15, 0.2) is 0 Å². The van der Waals surface area contributed by atoms with Crippen LogP contribution in [0.3, 0.4) is 0 Å². The normalized spacial score (nSPS) is 29.4. The number of benzene rings is 1. The highest BCUT2D eigenvalue weighted by Crippen LogP contribution is 2.52. The molecule has 130 valence electrons. The fraction of sp³-hybridized carbons (Fsp3) is 0.450. The number of rotatable bonds is 4. The van der Waals surface area contributed by atoms with Crippen molar-refractivity contribution in [2.45, 2.75) is 26.7 Å². The minimum Gasteiger partial charge on any atom is -0.326 e. The molecule has 2 bridgehead atoms. The van der Waals surface area contributed by atoms with Gasteiger partial charge in [-0.25, -0.2) is 0 Å². The number of carbonyl (C=O) groups is 3. The van der Waals surface area contributed by atoms with E-state index in [2.05, 4.69) is 17.5 Å². The van der Waals surface area contributed by atoms with Crippen molar-refractivity contribution in [3.63, 3.8) is 0 Å². The van der Waals surface area contributed by atoms with Crippen LogP contribution in [0.5, 0.6) is 0 Å². The number of hydrogen-bond donors (Lipinski definition) is 1. The molecule has 0 aromatic heterocycles. The molecule has 5 nitrogen and oxygen atoms in total. The summed E-state index contributed by atoms with van der Waals surface area (Å²) in [6.45, 7) is 4.07. The number of nitrogens with zero attached hydrogens (tertiary/aromatic N) is 1. The molecule has 0 spiro atoms. The van der Waals surface area contributed by atoms with E-state index >= 15 is 0 Å². The van der Waals surface area contributed by atoms with Gasteiger partial charge >= 0.3 is 0 Å². The molecular formula is C20H22N2O3. The summed E-state index contributed by atoms with van der Waals surface area (Å²) >= 11 is 0. The van der Waals surface area contributed by atoms with Crippen LogP contribution in [0.25, 0.3) is 0 Å². The maximum absolute atomic E-state index is 12.6. The van der Waals surface area contributed by atoms with Crippen LogP contribution in [0.15, 0.2) is 30.4 Å². The predicted molar refractivity (Wildman–Crippen MR) is 93.6 cm³/mol. The summed E-state index contributed by atoms with van der Waals surface area (Å²) in [6, 6.07) is 5.88. The summed E-state index contributed by atoms with van der Waals surface area (Å²) in [5.41, 5.74) is 2.84. The SMILES string of the molecule is Cc1ccc(C)c(NC(=O)CCN2C(=O)[C@@H]3[C@@H](C2=O)[C@H]2C=C[C@H]3C2)c1. The molecular weight excluding hydrogens is 316 g/mol. The Bertz CT molecular complexity index is 768. The molecule has 1 saturated carbocycles. The summed E-state index contributed by atoms with van der Waals surface area (Å²) < 4.78 is 0. The molecule has 0 radical (unpaired) electrons. The van der Waals surface area contributed by atoms with Crippen molar-refractivity contribution in [1.29, 1.82) is 0 Å². The third-order valence-electron chi connectivity index (χ3n) is 5.79. The molecule has 4 atom stereocenters. The van der Waals surface area contributed by atoms with Gasteiger partial charge in [-0.15, -0.1) is 0 Å². The van der Waals surface area contributed by atoms with Gasteiger partial charge in [-0.3, -0.25) is 19.3 Å². The molecule has 5 heteroatoms. The van der Waals surface area contributed by atoms with Crippen molar-refractivity contribution < 1.29 is 14.4 Å². The zero-order valence-corrected chi connectivity index (χ0v) is 14.5. The first kappa shape index (κ1) is 16.1. The summed E-state index contributed by atoms with van der Waals surface area (Å²) in [4.78, 5) is 38.8. The van der Waals surface area contributed by atoms with Crippen LogP contribution in [0.1, 0.15) is 24.0 Å². The van der Waals surface area contributed by atoms with Gasteiger partial charge in [0.05, 0.1) is 11.8 Å². The topological polar surface area (TPSA) is 66.5 Å². The van der Waals surface area contributed by atoms with E-state index < -0.39 is 0 Å². The molecule has 1 heterocycles. The fourth-order valence-electron chi connectivity index (χ4n) is 4.48. The largest absolute Gasteiger partial charge is 0.326 e. The third-order valence-corrected chi connectivity index (χ3v) is 5.79. The maximum Gasteiger partial charge on any atom is 0.233 e. The highest BCUT2D eigenvalue weighted by atomic mass is 16.2. The number of allylic oxidation sites excluding steroid dienone is 2. The van der Waals surface area contributed by atoms with Crippen LogP contribution < -0.4 is 5.32 Å². The van der Waals surface area contributed by atoms with Gasteiger partial charge < -0.3 is 5.32 Å². The highest BCUT2D eigenvalue weighted by Gasteiger charge is 2.58. The molecule has 2 fully saturated rings. The van der Waals surface area contributed by atoms with Crippen molar-refractivity contribution in [2.75, 3.05) is 11.9 Å². The zero-order valence-electron chi connectivity index (χ0n) is 14.5. The van der Waals surface area contributed by atoms with E-state index in [0.717, 1.165) is 23.2 Å². The summed E-state index contributed by atoms with van der Waals surface area (Å²) in [5.74, 6) is -0.320. The number of nitrogens with one attached hydrogen (secondary N) is 1. The van der Waals surface area contributed by atoms with Gasteiger partial charge in [0.25, 0.3) is 0 Å². The number of aryl methyl sites for hydroxylation is 2. The lowest BCUT2D eigenvalue weighted by atomic mass is 9.85. The van der Waals surface area contributed by atoms with E-state index in [9.17, 15) is 14.4 Å². The molecule has 3 amide bonds. The summed E-state index contributed by atoms with van der Waals surface area (Å²) in [5, 5.41) is 2.88. The molecule has 25 heavy (non-hydrogen) atoms. The van der Waals surface area contributed by atoms with Crippen molar-refractivity contribution in [3.8, 4) is 0 Å². The maximum atomic E-state index is 12.6. The minimum absolute atomic E-state index is 0.0913. The minimum atomic E-state index is -0.190. The highest BCUT2D eigenvalue weighted by molar-refractivity contribution is 6.06. The lowest BCUT2D eigenvalue weighted by Gasteiger charge is -2.17. The van der Waals surface area contributed by atoms with E-state index in [0.29, 0.717) is 0 Å². The van der Waals surface area contributed by atoms with E-state index in [-0.39, 0.29) is 54.4 Å². The Morgan fingerprint density at radius 3 is 2.40 bits per heavy atom. The van der Waals surface area contributed by atoms with Crippen LogP contribution >= 0.6 is 0 Å².